The maximum absolute atomic E-state index is 4.31. The smallest absolute Gasteiger partial charge is 0.125 e. The zero-order chi connectivity index (χ0) is 10.7. The second-order valence-corrected chi connectivity index (χ2v) is 4.36. The standard InChI is InChI=1S/C10H11IN4/c1-7-4-14-10(15-7)6-13-9-5-12-3-2-8(9)11/h2-5,13H,6H2,1H3,(H,14,15). The maximum atomic E-state index is 4.31. The van der Waals surface area contributed by atoms with Crippen LogP contribution in [-0.4, -0.2) is 15.0 Å². The fourth-order valence-corrected chi connectivity index (χ4v) is 1.73. The predicted molar refractivity (Wildman–Crippen MR) is 67.6 cm³/mol. The molecule has 78 valence electrons. The minimum Gasteiger partial charge on any atom is -0.376 e. The molecule has 0 bridgehead atoms. The molecule has 0 unspecified atom stereocenters. The largest absolute Gasteiger partial charge is 0.376 e. The third kappa shape index (κ3) is 2.68. The molecule has 4 nitrogen and oxygen atoms in total. The molecule has 0 aliphatic carbocycles. The van der Waals surface area contributed by atoms with Gasteiger partial charge < -0.3 is 10.3 Å². The number of nitrogens with one attached hydrogen (secondary N) is 2. The van der Waals surface area contributed by atoms with Crippen LogP contribution in [0.4, 0.5) is 5.69 Å². The number of aromatic amines is 1. The number of pyridine rings is 1. The molecule has 0 amide bonds. The van der Waals surface area contributed by atoms with Crippen LogP contribution < -0.4 is 5.32 Å². The van der Waals surface area contributed by atoms with E-state index in [4.69, 9.17) is 0 Å². The van der Waals surface area contributed by atoms with E-state index in [0.29, 0.717) is 6.54 Å². The van der Waals surface area contributed by atoms with Crippen molar-refractivity contribution in [2.75, 3.05) is 5.32 Å². The van der Waals surface area contributed by atoms with Gasteiger partial charge in [-0.1, -0.05) is 0 Å². The molecule has 0 saturated heterocycles. The maximum Gasteiger partial charge on any atom is 0.125 e. The number of aryl methyl sites for hydroxylation is 1. The lowest BCUT2D eigenvalue weighted by Crippen LogP contribution is -2.02. The molecule has 0 fully saturated rings. The first kappa shape index (κ1) is 10.4. The van der Waals surface area contributed by atoms with Gasteiger partial charge in [-0.25, -0.2) is 4.98 Å². The molecule has 2 aromatic heterocycles. The van der Waals surface area contributed by atoms with Crippen LogP contribution in [0, 0.1) is 10.5 Å². The molecular weight excluding hydrogens is 303 g/mol. The summed E-state index contributed by atoms with van der Waals surface area (Å²) in [7, 11) is 0. The Kier molecular flexibility index (Phi) is 3.20. The minimum atomic E-state index is 0.690. The molecule has 0 aliphatic heterocycles. The molecule has 0 aromatic carbocycles. The number of anilines is 1. The Morgan fingerprint density at radius 2 is 2.40 bits per heavy atom. The Labute approximate surface area is 102 Å². The molecule has 0 spiro atoms. The summed E-state index contributed by atoms with van der Waals surface area (Å²) in [5.74, 6) is 0.937. The Morgan fingerprint density at radius 1 is 1.53 bits per heavy atom. The van der Waals surface area contributed by atoms with Crippen LogP contribution in [0.5, 0.6) is 0 Å². The molecule has 2 rings (SSSR count). The predicted octanol–water partition coefficient (Wildman–Crippen LogP) is 2.33. The average molecular weight is 314 g/mol. The number of rotatable bonds is 3. The van der Waals surface area contributed by atoms with Gasteiger partial charge in [-0.15, -0.1) is 0 Å². The summed E-state index contributed by atoms with van der Waals surface area (Å²) in [6, 6.07) is 1.97. The molecule has 2 N–H and O–H groups in total. The van der Waals surface area contributed by atoms with Crippen molar-refractivity contribution in [1.82, 2.24) is 15.0 Å². The van der Waals surface area contributed by atoms with Gasteiger partial charge in [-0.2, -0.15) is 0 Å². The minimum absolute atomic E-state index is 0.690. The van der Waals surface area contributed by atoms with Crippen LogP contribution in [0.2, 0.25) is 0 Å². The first-order chi connectivity index (χ1) is 7.25. The zero-order valence-corrected chi connectivity index (χ0v) is 10.4. The SMILES string of the molecule is Cc1c[nH]c(CNc2cnccc2I)n1. The second-order valence-electron chi connectivity index (χ2n) is 3.20. The van der Waals surface area contributed by atoms with E-state index in [1.54, 1.807) is 6.20 Å². The third-order valence-electron chi connectivity index (χ3n) is 1.97. The summed E-state index contributed by atoms with van der Waals surface area (Å²) >= 11 is 2.28. The topological polar surface area (TPSA) is 53.6 Å². The van der Waals surface area contributed by atoms with E-state index in [9.17, 15) is 0 Å². The van der Waals surface area contributed by atoms with Gasteiger partial charge in [-0.3, -0.25) is 4.98 Å². The van der Waals surface area contributed by atoms with Crippen molar-refractivity contribution in [3.63, 3.8) is 0 Å². The van der Waals surface area contributed by atoms with E-state index >= 15 is 0 Å². The Morgan fingerprint density at radius 3 is 3.07 bits per heavy atom. The summed E-state index contributed by atoms with van der Waals surface area (Å²) in [6.07, 6.45) is 5.49. The molecular formula is C10H11IN4. The highest BCUT2D eigenvalue weighted by atomic mass is 127. The summed E-state index contributed by atoms with van der Waals surface area (Å²) in [4.78, 5) is 11.5. The first-order valence-electron chi connectivity index (χ1n) is 4.60. The lowest BCUT2D eigenvalue weighted by Gasteiger charge is -2.05. The number of hydrogen-bond donors (Lipinski definition) is 2. The molecule has 0 radical (unpaired) electrons. The highest BCUT2D eigenvalue weighted by molar-refractivity contribution is 14.1. The number of hydrogen-bond acceptors (Lipinski definition) is 3. The summed E-state index contributed by atoms with van der Waals surface area (Å²) < 4.78 is 1.16. The summed E-state index contributed by atoms with van der Waals surface area (Å²) in [5, 5.41) is 3.28. The van der Waals surface area contributed by atoms with Crippen molar-refractivity contribution in [3.8, 4) is 0 Å². The van der Waals surface area contributed by atoms with Crippen molar-refractivity contribution in [3.05, 3.63) is 39.7 Å². The lowest BCUT2D eigenvalue weighted by molar-refractivity contribution is 0.988. The van der Waals surface area contributed by atoms with E-state index in [1.807, 2.05) is 25.4 Å². The molecule has 15 heavy (non-hydrogen) atoms. The van der Waals surface area contributed by atoms with Gasteiger partial charge in [0, 0.05) is 16.0 Å². The third-order valence-corrected chi connectivity index (χ3v) is 2.91. The van der Waals surface area contributed by atoms with Crippen molar-refractivity contribution < 1.29 is 0 Å². The number of halogens is 1. The molecule has 2 heterocycles. The highest BCUT2D eigenvalue weighted by Crippen LogP contribution is 2.15. The van der Waals surface area contributed by atoms with E-state index in [-0.39, 0.29) is 0 Å². The van der Waals surface area contributed by atoms with Gasteiger partial charge >= 0.3 is 0 Å². The van der Waals surface area contributed by atoms with E-state index in [2.05, 4.69) is 42.9 Å². The normalized spacial score (nSPS) is 10.3. The lowest BCUT2D eigenvalue weighted by atomic mass is 10.4. The second kappa shape index (κ2) is 4.61. The van der Waals surface area contributed by atoms with Crippen LogP contribution in [-0.2, 0) is 6.54 Å². The van der Waals surface area contributed by atoms with Crippen molar-refractivity contribution in [2.24, 2.45) is 0 Å². The summed E-state index contributed by atoms with van der Waals surface area (Å²) in [5.41, 5.74) is 2.04. The monoisotopic (exact) mass is 314 g/mol. The van der Waals surface area contributed by atoms with Gasteiger partial charge in [0.25, 0.3) is 0 Å². The summed E-state index contributed by atoms with van der Waals surface area (Å²) in [6.45, 7) is 2.66. The number of imidazole rings is 1. The molecule has 5 heteroatoms. The van der Waals surface area contributed by atoms with Crippen LogP contribution >= 0.6 is 22.6 Å². The fraction of sp³-hybridized carbons (Fsp3) is 0.200. The van der Waals surface area contributed by atoms with Crippen LogP contribution in [0.15, 0.2) is 24.7 Å². The van der Waals surface area contributed by atoms with Gasteiger partial charge in [0.05, 0.1) is 24.1 Å². The van der Waals surface area contributed by atoms with Crippen LogP contribution in [0.25, 0.3) is 0 Å². The van der Waals surface area contributed by atoms with Crippen molar-refractivity contribution in [2.45, 2.75) is 13.5 Å². The van der Waals surface area contributed by atoms with E-state index < -0.39 is 0 Å². The molecule has 0 atom stereocenters. The van der Waals surface area contributed by atoms with Gasteiger partial charge in [0.2, 0.25) is 0 Å². The highest BCUT2D eigenvalue weighted by Gasteiger charge is 2.00. The van der Waals surface area contributed by atoms with Crippen molar-refractivity contribution in [1.29, 1.82) is 0 Å². The number of aromatic nitrogens is 3. The molecule has 2 aromatic rings. The fourth-order valence-electron chi connectivity index (χ4n) is 1.24. The Hall–Kier alpha value is -1.11. The molecule has 0 saturated carbocycles. The first-order valence-corrected chi connectivity index (χ1v) is 5.68. The average Bonchev–Trinajstić information content (AvgIpc) is 2.63. The Bertz CT molecular complexity index is 452. The van der Waals surface area contributed by atoms with Gasteiger partial charge in [-0.05, 0) is 35.6 Å². The molecule has 0 aliphatic rings. The van der Waals surface area contributed by atoms with Crippen molar-refractivity contribution >= 4 is 28.3 Å². The number of nitrogens with zero attached hydrogens (tertiary/aromatic N) is 2. The van der Waals surface area contributed by atoms with Crippen LogP contribution in [0.3, 0.4) is 0 Å². The zero-order valence-electron chi connectivity index (χ0n) is 8.29. The van der Waals surface area contributed by atoms with Crippen LogP contribution in [0.1, 0.15) is 11.5 Å². The van der Waals surface area contributed by atoms with E-state index in [1.165, 1.54) is 0 Å². The quantitative estimate of drug-likeness (QED) is 0.855. The number of H-pyrrole nitrogens is 1. The van der Waals surface area contributed by atoms with E-state index in [0.717, 1.165) is 20.8 Å². The van der Waals surface area contributed by atoms with Gasteiger partial charge in [0.1, 0.15) is 5.82 Å². The van der Waals surface area contributed by atoms with Gasteiger partial charge in [0.15, 0.2) is 0 Å². The Balaban J connectivity index is 2.02.